The number of β-lactam (4-membered cyclic amide) rings is 1. The Balaban J connectivity index is 1.52. The molecule has 0 radical (unpaired) electrons. The van der Waals surface area contributed by atoms with Crippen LogP contribution in [0, 0.1) is 0 Å². The molecule has 13 nitrogen and oxygen atoms in total. The van der Waals surface area contributed by atoms with E-state index in [4.69, 9.17) is 10.6 Å². The number of nitrogens with two attached hydrogens (primary N) is 1. The van der Waals surface area contributed by atoms with Gasteiger partial charge in [-0.1, -0.05) is 5.16 Å². The van der Waals surface area contributed by atoms with Gasteiger partial charge in [-0.25, -0.2) is 4.98 Å². The lowest BCUT2D eigenvalue weighted by Gasteiger charge is -2.51. The fourth-order valence-electron chi connectivity index (χ4n) is 4.51. The Morgan fingerprint density at radius 3 is 2.65 bits per heavy atom. The van der Waals surface area contributed by atoms with Crippen molar-refractivity contribution in [1.29, 1.82) is 0 Å². The van der Waals surface area contributed by atoms with Crippen LogP contribution in [0.3, 0.4) is 0 Å². The molecule has 3 aliphatic heterocycles. The largest absolute Gasteiger partial charge is 0.543 e. The van der Waals surface area contributed by atoms with E-state index in [1.165, 1.54) is 24.3 Å². The maximum absolute atomic E-state index is 12.9. The fourth-order valence-corrected chi connectivity index (χ4v) is 6.39. The Labute approximate surface area is 202 Å². The molecule has 3 aliphatic rings. The number of oxime groups is 1. The molecule has 2 fully saturated rings. The highest BCUT2D eigenvalue weighted by atomic mass is 32.2. The van der Waals surface area contributed by atoms with E-state index < -0.39 is 41.4 Å². The van der Waals surface area contributed by atoms with Gasteiger partial charge in [-0.3, -0.25) is 14.5 Å². The molecule has 0 spiro atoms. The van der Waals surface area contributed by atoms with Gasteiger partial charge in [-0.2, -0.15) is 0 Å². The molecule has 1 aromatic heterocycles. The van der Waals surface area contributed by atoms with Gasteiger partial charge in [0.15, 0.2) is 10.8 Å². The third-order valence-corrected chi connectivity index (χ3v) is 7.98. The second kappa shape index (κ2) is 9.14. The van der Waals surface area contributed by atoms with Crippen molar-refractivity contribution in [2.45, 2.75) is 23.6 Å². The van der Waals surface area contributed by atoms with Gasteiger partial charge in [-0.05, 0) is 0 Å². The molecule has 2 saturated heterocycles. The number of carbonyl (C=O) groups excluding carboxylic acids is 3. The summed E-state index contributed by atoms with van der Waals surface area (Å²) in [6, 6.07) is -0.980. The standard InChI is InChI=1S/C19H24N6O7S2/c1-25(4-10(26)11(27)5-25)3-8-6-33-17-13(16(29)24(17)14(8)18(30)31)22-15(28)12(23-32-2)9-7-34-19(20)21-9/h7,10-11,13,17,26-27H,3-6H2,1-2H3,(H3-,20,21,22,28,30,31)/b23-12-/t10-,11-,13-,17-/m1/s1. The van der Waals surface area contributed by atoms with Gasteiger partial charge in [0.25, 0.3) is 11.8 Å². The summed E-state index contributed by atoms with van der Waals surface area (Å²) >= 11 is 2.42. The van der Waals surface area contributed by atoms with E-state index in [0.29, 0.717) is 5.57 Å². The molecule has 184 valence electrons. The number of fused-ring (bicyclic) bond motifs is 1. The van der Waals surface area contributed by atoms with E-state index in [1.807, 2.05) is 0 Å². The number of carboxylic acid groups (broad SMARTS) is 1. The van der Waals surface area contributed by atoms with Crippen LogP contribution in [0.2, 0.25) is 0 Å². The molecule has 15 heteroatoms. The highest BCUT2D eigenvalue weighted by molar-refractivity contribution is 8.00. The number of hydrogen-bond donors (Lipinski definition) is 4. The summed E-state index contributed by atoms with van der Waals surface area (Å²) in [6.45, 7) is 0.747. The number of nitrogens with zero attached hydrogens (tertiary/aromatic N) is 4. The Morgan fingerprint density at radius 1 is 1.41 bits per heavy atom. The summed E-state index contributed by atoms with van der Waals surface area (Å²) in [5.74, 6) is -2.52. The predicted molar refractivity (Wildman–Crippen MR) is 120 cm³/mol. The summed E-state index contributed by atoms with van der Waals surface area (Å²) < 4.78 is 0.232. The normalized spacial score (nSPS) is 28.4. The average molecular weight is 513 g/mol. The van der Waals surface area contributed by atoms with E-state index in [1.54, 1.807) is 7.05 Å². The summed E-state index contributed by atoms with van der Waals surface area (Å²) in [7, 11) is 3.06. The van der Waals surface area contributed by atoms with Crippen molar-refractivity contribution >= 4 is 51.7 Å². The Morgan fingerprint density at radius 2 is 2.09 bits per heavy atom. The lowest BCUT2D eigenvalue weighted by Crippen LogP contribution is -2.71. The summed E-state index contributed by atoms with van der Waals surface area (Å²) in [5, 5.41) is 39.2. The highest BCUT2D eigenvalue weighted by Crippen LogP contribution is 2.41. The number of likely N-dealkylation sites (N-methyl/N-ethyl adjacent to an activating group) is 1. The van der Waals surface area contributed by atoms with Gasteiger partial charge >= 0.3 is 0 Å². The van der Waals surface area contributed by atoms with Crippen LogP contribution in [0.1, 0.15) is 5.69 Å². The molecule has 0 aromatic carbocycles. The van der Waals surface area contributed by atoms with Crippen LogP contribution < -0.4 is 16.2 Å². The Hall–Kier alpha value is -2.72. The van der Waals surface area contributed by atoms with Crippen molar-refractivity contribution in [2.24, 2.45) is 5.16 Å². The Bertz CT molecular complexity index is 1080. The SMILES string of the molecule is CO/N=C(\C(=O)N[C@@H]1C(=O)N2C(C(=O)[O-])=C(C[N+]3(C)C[C@@H](O)[C@H](O)C3)CS[C@H]12)c1csc(N)n1. The number of aliphatic carboxylic acids is 1. The summed E-state index contributed by atoms with van der Waals surface area (Å²) in [5.41, 5.74) is 5.89. The van der Waals surface area contributed by atoms with Crippen LogP contribution in [0.5, 0.6) is 0 Å². The predicted octanol–water partition coefficient (Wildman–Crippen LogP) is -3.34. The smallest absolute Gasteiger partial charge is 0.276 e. The quantitative estimate of drug-likeness (QED) is 0.124. The van der Waals surface area contributed by atoms with E-state index in [-0.39, 0.29) is 52.1 Å². The molecule has 0 bridgehead atoms. The van der Waals surface area contributed by atoms with Crippen LogP contribution >= 0.6 is 23.1 Å². The topological polar surface area (TPSA) is 190 Å². The van der Waals surface area contributed by atoms with Crippen LogP contribution in [0.15, 0.2) is 21.8 Å². The number of thiazole rings is 1. The van der Waals surface area contributed by atoms with Crippen LogP contribution in [0.25, 0.3) is 0 Å². The second-order valence-electron chi connectivity index (χ2n) is 8.57. The summed E-state index contributed by atoms with van der Waals surface area (Å²) in [4.78, 5) is 47.6. The number of aliphatic hydroxyl groups excluding tert-OH is 2. The van der Waals surface area contributed by atoms with E-state index in [9.17, 15) is 29.7 Å². The van der Waals surface area contributed by atoms with Gasteiger partial charge in [0, 0.05) is 16.7 Å². The number of carboxylic acids is 1. The number of amides is 2. The molecule has 0 aliphatic carbocycles. The number of aromatic nitrogens is 1. The molecule has 4 heterocycles. The molecule has 2 amide bonds. The first kappa shape index (κ1) is 24.4. The van der Waals surface area contributed by atoms with Gasteiger partial charge < -0.3 is 40.5 Å². The van der Waals surface area contributed by atoms with E-state index >= 15 is 0 Å². The summed E-state index contributed by atoms with van der Waals surface area (Å²) in [6.07, 6.45) is -1.80. The molecular formula is C19H24N6O7S2. The lowest BCUT2D eigenvalue weighted by molar-refractivity contribution is -0.895. The molecule has 34 heavy (non-hydrogen) atoms. The number of nitrogen functional groups attached to an aromatic ring is 1. The highest BCUT2D eigenvalue weighted by Gasteiger charge is 2.54. The van der Waals surface area contributed by atoms with Crippen LogP contribution in [-0.2, 0) is 19.2 Å². The molecule has 0 unspecified atom stereocenters. The minimum atomic E-state index is -1.50. The second-order valence-corrected chi connectivity index (χ2v) is 10.6. The molecule has 4 rings (SSSR count). The first-order valence-electron chi connectivity index (χ1n) is 10.3. The monoisotopic (exact) mass is 512 g/mol. The van der Waals surface area contributed by atoms with Crippen molar-refractivity contribution in [1.82, 2.24) is 15.2 Å². The van der Waals surface area contributed by atoms with Crippen molar-refractivity contribution < 1.29 is 39.0 Å². The lowest BCUT2D eigenvalue weighted by atomic mass is 10.0. The van der Waals surface area contributed by atoms with E-state index in [0.717, 1.165) is 16.2 Å². The number of carbonyl (C=O) groups is 3. The van der Waals surface area contributed by atoms with Crippen molar-refractivity contribution in [2.75, 3.05) is 45.3 Å². The van der Waals surface area contributed by atoms with Crippen molar-refractivity contribution in [3.63, 3.8) is 0 Å². The van der Waals surface area contributed by atoms with Gasteiger partial charge in [-0.15, -0.1) is 23.1 Å². The number of aliphatic hydroxyl groups is 2. The molecular weight excluding hydrogens is 488 g/mol. The molecule has 5 N–H and O–H groups in total. The minimum absolute atomic E-state index is 0.164. The van der Waals surface area contributed by atoms with Crippen LogP contribution in [-0.4, -0.2) is 111 Å². The van der Waals surface area contributed by atoms with Gasteiger partial charge in [0.2, 0.25) is 0 Å². The zero-order valence-electron chi connectivity index (χ0n) is 18.3. The Kier molecular flexibility index (Phi) is 6.56. The molecule has 4 atom stereocenters. The maximum atomic E-state index is 12.9. The van der Waals surface area contributed by atoms with Gasteiger partial charge in [0.05, 0.1) is 18.7 Å². The van der Waals surface area contributed by atoms with Crippen molar-refractivity contribution in [3.05, 3.63) is 22.3 Å². The van der Waals surface area contributed by atoms with E-state index in [2.05, 4.69) is 15.5 Å². The first-order chi connectivity index (χ1) is 16.0. The number of quaternary nitrogens is 1. The number of anilines is 1. The minimum Gasteiger partial charge on any atom is -0.543 e. The number of nitrogens with one attached hydrogen (secondary N) is 1. The average Bonchev–Trinajstić information content (AvgIpc) is 3.30. The third kappa shape index (κ3) is 4.36. The number of hydrogen-bond acceptors (Lipinski definition) is 12. The third-order valence-electron chi connectivity index (χ3n) is 5.96. The number of likely N-dealkylation sites (tertiary alicyclic amines) is 1. The fraction of sp³-hybridized carbons (Fsp3) is 0.526. The van der Waals surface area contributed by atoms with Gasteiger partial charge in [0.1, 0.15) is 56.1 Å². The van der Waals surface area contributed by atoms with Crippen molar-refractivity contribution in [3.8, 4) is 0 Å². The van der Waals surface area contributed by atoms with Crippen LogP contribution in [0.4, 0.5) is 5.13 Å². The molecule has 1 aromatic rings. The zero-order chi connectivity index (χ0) is 24.8. The molecule has 0 saturated carbocycles. The zero-order valence-corrected chi connectivity index (χ0v) is 20.0. The number of thioether (sulfide) groups is 1. The maximum Gasteiger partial charge on any atom is 0.276 e. The first-order valence-corrected chi connectivity index (χ1v) is 12.2. The number of rotatable bonds is 7.